The smallest absolute Gasteiger partial charge is 0.222 e. The molecule has 1 saturated heterocycles. The molecule has 0 aliphatic carbocycles. The zero-order valence-electron chi connectivity index (χ0n) is 12.5. The summed E-state index contributed by atoms with van der Waals surface area (Å²) in [7, 11) is -3.18. The number of benzene rings is 1. The lowest BCUT2D eigenvalue weighted by molar-refractivity contribution is -0.122. The van der Waals surface area contributed by atoms with Crippen LogP contribution in [0.5, 0.6) is 0 Å². The zero-order chi connectivity index (χ0) is 15.6. The van der Waals surface area contributed by atoms with E-state index in [0.717, 1.165) is 18.5 Å². The SMILES string of the molecule is CCS(=O)(=O)c1ccc(N2CC(C(N)=O)CCC2C)cc1. The highest BCUT2D eigenvalue weighted by Gasteiger charge is 2.28. The lowest BCUT2D eigenvalue weighted by Gasteiger charge is -2.38. The molecule has 1 heterocycles. The van der Waals surface area contributed by atoms with Crippen molar-refractivity contribution in [3.63, 3.8) is 0 Å². The van der Waals surface area contributed by atoms with Crippen LogP contribution in [0.25, 0.3) is 0 Å². The molecule has 0 radical (unpaired) electrons. The van der Waals surface area contributed by atoms with Crippen molar-refractivity contribution in [2.24, 2.45) is 11.7 Å². The third-order valence-electron chi connectivity index (χ3n) is 4.19. The number of sulfone groups is 1. The largest absolute Gasteiger partial charge is 0.369 e. The van der Waals surface area contributed by atoms with E-state index in [-0.39, 0.29) is 17.6 Å². The predicted molar refractivity (Wildman–Crippen MR) is 82.9 cm³/mol. The molecule has 1 aliphatic rings. The van der Waals surface area contributed by atoms with Crippen LogP contribution in [0.15, 0.2) is 29.2 Å². The molecule has 0 aromatic heterocycles. The summed E-state index contributed by atoms with van der Waals surface area (Å²) >= 11 is 0. The van der Waals surface area contributed by atoms with Gasteiger partial charge in [-0.25, -0.2) is 8.42 Å². The Balaban J connectivity index is 2.23. The maximum absolute atomic E-state index is 11.8. The van der Waals surface area contributed by atoms with Gasteiger partial charge in [-0.1, -0.05) is 6.92 Å². The number of carbonyl (C=O) groups is 1. The molecule has 1 fully saturated rings. The van der Waals surface area contributed by atoms with Gasteiger partial charge in [0, 0.05) is 18.3 Å². The molecule has 0 bridgehead atoms. The van der Waals surface area contributed by atoms with Gasteiger partial charge < -0.3 is 10.6 Å². The van der Waals surface area contributed by atoms with Crippen molar-refractivity contribution in [3.05, 3.63) is 24.3 Å². The molecule has 0 saturated carbocycles. The van der Waals surface area contributed by atoms with Crippen LogP contribution in [-0.4, -0.2) is 32.7 Å². The van der Waals surface area contributed by atoms with Crippen LogP contribution >= 0.6 is 0 Å². The minimum atomic E-state index is -3.18. The Kier molecular flexibility index (Phi) is 4.56. The van der Waals surface area contributed by atoms with Crippen molar-refractivity contribution in [3.8, 4) is 0 Å². The highest BCUT2D eigenvalue weighted by atomic mass is 32.2. The first-order valence-electron chi connectivity index (χ1n) is 7.24. The van der Waals surface area contributed by atoms with Crippen molar-refractivity contribution in [2.75, 3.05) is 17.2 Å². The Morgan fingerprint density at radius 2 is 1.90 bits per heavy atom. The number of nitrogens with two attached hydrogens (primary N) is 1. The van der Waals surface area contributed by atoms with Crippen LogP contribution < -0.4 is 10.6 Å². The monoisotopic (exact) mass is 310 g/mol. The Hall–Kier alpha value is -1.56. The summed E-state index contributed by atoms with van der Waals surface area (Å²) in [5.74, 6) is -0.312. The van der Waals surface area contributed by atoms with Crippen LogP contribution in [0, 0.1) is 5.92 Å². The number of hydrogen-bond donors (Lipinski definition) is 1. The number of amides is 1. The first-order valence-corrected chi connectivity index (χ1v) is 8.89. The predicted octanol–water partition coefficient (Wildman–Crippen LogP) is 1.57. The van der Waals surface area contributed by atoms with E-state index in [0.29, 0.717) is 17.5 Å². The molecule has 6 heteroatoms. The average Bonchev–Trinajstić information content (AvgIpc) is 2.47. The second kappa shape index (κ2) is 6.05. The summed E-state index contributed by atoms with van der Waals surface area (Å²) in [5.41, 5.74) is 6.34. The number of carbonyl (C=O) groups excluding carboxylic acids is 1. The fraction of sp³-hybridized carbons (Fsp3) is 0.533. The van der Waals surface area contributed by atoms with Gasteiger partial charge in [0.2, 0.25) is 5.91 Å². The molecule has 1 amide bonds. The van der Waals surface area contributed by atoms with Crippen molar-refractivity contribution >= 4 is 21.4 Å². The molecule has 0 spiro atoms. The lowest BCUT2D eigenvalue weighted by Crippen LogP contribution is -2.45. The number of hydrogen-bond acceptors (Lipinski definition) is 4. The third kappa shape index (κ3) is 3.37. The van der Waals surface area contributed by atoms with Crippen molar-refractivity contribution in [2.45, 2.75) is 37.6 Å². The Bertz CT molecular complexity index is 610. The molecule has 2 rings (SSSR count). The quantitative estimate of drug-likeness (QED) is 0.915. The molecule has 116 valence electrons. The topological polar surface area (TPSA) is 80.5 Å². The molecule has 2 unspecified atom stereocenters. The standard InChI is InChI=1S/C15H22N2O3S/c1-3-21(19,20)14-8-6-13(7-9-14)17-10-12(15(16)18)5-4-11(17)2/h6-9,11-12H,3-5,10H2,1-2H3,(H2,16,18). The summed E-state index contributed by atoms with van der Waals surface area (Å²) in [5, 5.41) is 0. The fourth-order valence-electron chi connectivity index (χ4n) is 2.71. The Morgan fingerprint density at radius 3 is 2.43 bits per heavy atom. The molecule has 5 nitrogen and oxygen atoms in total. The van der Waals surface area contributed by atoms with Gasteiger partial charge in [0.25, 0.3) is 0 Å². The van der Waals surface area contributed by atoms with Gasteiger partial charge in [-0.15, -0.1) is 0 Å². The lowest BCUT2D eigenvalue weighted by atomic mass is 9.92. The normalized spacial score (nSPS) is 23.0. The number of nitrogens with zero attached hydrogens (tertiary/aromatic N) is 1. The number of piperidine rings is 1. The molecule has 1 aromatic carbocycles. The van der Waals surface area contributed by atoms with Gasteiger partial charge in [0.1, 0.15) is 0 Å². The first-order chi connectivity index (χ1) is 9.85. The second-order valence-corrected chi connectivity index (χ2v) is 7.85. The maximum Gasteiger partial charge on any atom is 0.222 e. The van der Waals surface area contributed by atoms with Crippen LogP contribution in [0.3, 0.4) is 0 Å². The van der Waals surface area contributed by atoms with Crippen molar-refractivity contribution in [1.82, 2.24) is 0 Å². The summed E-state index contributed by atoms with van der Waals surface area (Å²) in [6, 6.07) is 7.20. The van der Waals surface area contributed by atoms with Gasteiger partial charge in [-0.05, 0) is 44.0 Å². The molecule has 2 atom stereocenters. The van der Waals surface area contributed by atoms with E-state index < -0.39 is 9.84 Å². The molecule has 1 aliphatic heterocycles. The Morgan fingerprint density at radius 1 is 1.29 bits per heavy atom. The van der Waals surface area contributed by atoms with Gasteiger partial charge in [-0.3, -0.25) is 4.79 Å². The van der Waals surface area contributed by atoms with Gasteiger partial charge in [0.05, 0.1) is 16.6 Å². The molecule has 1 aromatic rings. The van der Waals surface area contributed by atoms with E-state index in [9.17, 15) is 13.2 Å². The van der Waals surface area contributed by atoms with E-state index in [1.807, 2.05) is 12.1 Å². The maximum atomic E-state index is 11.8. The van der Waals surface area contributed by atoms with Gasteiger partial charge in [-0.2, -0.15) is 0 Å². The van der Waals surface area contributed by atoms with Crippen LogP contribution in [0.4, 0.5) is 5.69 Å². The van der Waals surface area contributed by atoms with Crippen LogP contribution in [0.2, 0.25) is 0 Å². The highest BCUT2D eigenvalue weighted by Crippen LogP contribution is 2.28. The van der Waals surface area contributed by atoms with Crippen LogP contribution in [-0.2, 0) is 14.6 Å². The van der Waals surface area contributed by atoms with E-state index in [2.05, 4.69) is 11.8 Å². The van der Waals surface area contributed by atoms with E-state index in [1.165, 1.54) is 0 Å². The number of primary amides is 1. The van der Waals surface area contributed by atoms with E-state index >= 15 is 0 Å². The number of rotatable bonds is 4. The van der Waals surface area contributed by atoms with E-state index in [1.54, 1.807) is 19.1 Å². The molecular weight excluding hydrogens is 288 g/mol. The van der Waals surface area contributed by atoms with Crippen molar-refractivity contribution < 1.29 is 13.2 Å². The first kappa shape index (κ1) is 15.8. The molecule has 21 heavy (non-hydrogen) atoms. The minimum Gasteiger partial charge on any atom is -0.369 e. The summed E-state index contributed by atoms with van der Waals surface area (Å²) in [6.45, 7) is 4.33. The van der Waals surface area contributed by atoms with Gasteiger partial charge in [0.15, 0.2) is 9.84 Å². The number of anilines is 1. The summed E-state index contributed by atoms with van der Waals surface area (Å²) in [4.78, 5) is 13.8. The van der Waals surface area contributed by atoms with Crippen LogP contribution in [0.1, 0.15) is 26.7 Å². The van der Waals surface area contributed by atoms with E-state index in [4.69, 9.17) is 5.73 Å². The third-order valence-corrected chi connectivity index (χ3v) is 5.94. The molecule has 2 N–H and O–H groups in total. The zero-order valence-corrected chi connectivity index (χ0v) is 13.3. The molecular formula is C15H22N2O3S. The average molecular weight is 310 g/mol. The summed E-state index contributed by atoms with van der Waals surface area (Å²) in [6.07, 6.45) is 1.72. The highest BCUT2D eigenvalue weighted by molar-refractivity contribution is 7.91. The Labute approximate surface area is 126 Å². The second-order valence-electron chi connectivity index (χ2n) is 5.58. The fourth-order valence-corrected chi connectivity index (χ4v) is 3.59. The minimum absolute atomic E-state index is 0.0935. The summed E-state index contributed by atoms with van der Waals surface area (Å²) < 4.78 is 23.6. The van der Waals surface area contributed by atoms with Gasteiger partial charge >= 0.3 is 0 Å². The van der Waals surface area contributed by atoms with Crippen molar-refractivity contribution in [1.29, 1.82) is 0 Å².